The summed E-state index contributed by atoms with van der Waals surface area (Å²) in [5, 5.41) is 57.8. The first-order chi connectivity index (χ1) is 23.8. The van der Waals surface area contributed by atoms with Crippen molar-refractivity contribution in [3.8, 4) is 0 Å². The van der Waals surface area contributed by atoms with Gasteiger partial charge in [-0.15, -0.1) is 0 Å². The third-order valence-electron chi connectivity index (χ3n) is 11.9. The number of ketones is 1. The second-order valence-electron chi connectivity index (χ2n) is 16.9. The summed E-state index contributed by atoms with van der Waals surface area (Å²) in [6.07, 6.45) is -11.0. The van der Waals surface area contributed by atoms with Crippen molar-refractivity contribution < 1.29 is 63.5 Å². The number of methoxy groups -OCH3 is 1. The van der Waals surface area contributed by atoms with Gasteiger partial charge in [-0.05, 0) is 81.8 Å². The summed E-state index contributed by atoms with van der Waals surface area (Å²) < 4.78 is 37.0. The Morgan fingerprint density at radius 2 is 1.50 bits per heavy atom. The summed E-state index contributed by atoms with van der Waals surface area (Å²) in [7, 11) is 5.11. The predicted octanol–water partition coefficient (Wildman–Crippen LogP) is 0.867. The molecule has 3 saturated heterocycles. The summed E-state index contributed by atoms with van der Waals surface area (Å²) in [4.78, 5) is 29.9. The summed E-state index contributed by atoms with van der Waals surface area (Å²) in [6, 6.07) is -0.376. The van der Waals surface area contributed by atoms with Crippen LogP contribution in [0.1, 0.15) is 94.9 Å². The van der Waals surface area contributed by atoms with Gasteiger partial charge in [0.1, 0.15) is 35.8 Å². The number of cyclic esters (lactones) is 1. The number of rotatable bonds is 7. The van der Waals surface area contributed by atoms with Crippen LogP contribution < -0.4 is 5.73 Å². The molecular weight excluding hydrogens is 680 g/mol. The van der Waals surface area contributed by atoms with E-state index in [4.69, 9.17) is 34.2 Å². The number of aliphatic hydroxyl groups is 5. The lowest BCUT2D eigenvalue weighted by Gasteiger charge is -2.52. The molecule has 0 aromatic carbocycles. The molecule has 0 bridgehead atoms. The van der Waals surface area contributed by atoms with Crippen molar-refractivity contribution in [2.24, 2.45) is 23.5 Å². The standard InChI is InChI=1S/C37H68N2O13/c1-14-24-37(10,46)28(42)20(4)26(40)18(2)16-34(7,45)33(52-32-27(41)23(39(11)12)15-19(3)48-32)36(9,38)30(21(5)31(44)50-24)51-25-17-35(8,47-13)29(43)22(6)49-25/h18-25,27-30,32-33,41-43,45-46H,14-17,38H2,1-13H3/t18-,19+,20+,21-,22+,23-,24-,25?,27+,28-,29+,30-,32?,33+,34-,35-,36+,37-/m1/s1. The van der Waals surface area contributed by atoms with Crippen LogP contribution in [0, 0.1) is 17.8 Å². The fourth-order valence-electron chi connectivity index (χ4n) is 8.58. The Labute approximate surface area is 309 Å². The number of carbonyl (C=O) groups excluding carboxylic acids is 2. The first-order valence-corrected chi connectivity index (χ1v) is 18.6. The minimum Gasteiger partial charge on any atom is -0.459 e. The molecule has 15 nitrogen and oxygen atoms in total. The second kappa shape index (κ2) is 16.8. The summed E-state index contributed by atoms with van der Waals surface area (Å²) in [5.74, 6) is -4.53. The molecule has 2 unspecified atom stereocenters. The minimum atomic E-state index is -2.04. The number of nitrogens with zero attached hydrogens (tertiary/aromatic N) is 1. The minimum absolute atomic E-state index is 0.0274. The molecule has 0 aliphatic carbocycles. The van der Waals surface area contributed by atoms with Gasteiger partial charge >= 0.3 is 5.97 Å². The lowest BCUT2D eigenvalue weighted by atomic mass is 9.71. The Morgan fingerprint density at radius 3 is 2.04 bits per heavy atom. The maximum absolute atomic E-state index is 14.2. The van der Waals surface area contributed by atoms with Gasteiger partial charge in [-0.25, -0.2) is 0 Å². The molecule has 0 aromatic heterocycles. The molecule has 0 saturated carbocycles. The van der Waals surface area contributed by atoms with Gasteiger partial charge in [0, 0.05) is 31.4 Å². The van der Waals surface area contributed by atoms with Crippen molar-refractivity contribution in [1.82, 2.24) is 4.90 Å². The van der Waals surface area contributed by atoms with Crippen LogP contribution in [0.3, 0.4) is 0 Å². The smallest absolute Gasteiger partial charge is 0.311 e. The maximum atomic E-state index is 14.2. The summed E-state index contributed by atoms with van der Waals surface area (Å²) in [5.41, 5.74) is 0.367. The fraction of sp³-hybridized carbons (Fsp3) is 0.946. The van der Waals surface area contributed by atoms with Crippen LogP contribution in [0.25, 0.3) is 0 Å². The van der Waals surface area contributed by atoms with Crippen LogP contribution >= 0.6 is 0 Å². The highest BCUT2D eigenvalue weighted by Gasteiger charge is 2.58. The number of hydrogen-bond donors (Lipinski definition) is 6. The van der Waals surface area contributed by atoms with Gasteiger partial charge in [0.05, 0.1) is 47.1 Å². The molecule has 15 heteroatoms. The highest BCUT2D eigenvalue weighted by atomic mass is 16.7. The number of nitrogens with two attached hydrogens (primary N) is 1. The van der Waals surface area contributed by atoms with E-state index in [1.807, 2.05) is 25.9 Å². The first kappa shape index (κ1) is 45.1. The van der Waals surface area contributed by atoms with E-state index < -0.39 is 107 Å². The van der Waals surface area contributed by atoms with Crippen LogP contribution in [-0.4, -0.2) is 153 Å². The molecule has 7 N–H and O–H groups in total. The van der Waals surface area contributed by atoms with Gasteiger partial charge in [-0.2, -0.15) is 0 Å². The second-order valence-corrected chi connectivity index (χ2v) is 16.9. The van der Waals surface area contributed by atoms with Crippen LogP contribution in [0.15, 0.2) is 0 Å². The largest absolute Gasteiger partial charge is 0.459 e. The third kappa shape index (κ3) is 9.19. The molecule has 3 heterocycles. The quantitative estimate of drug-likeness (QED) is 0.199. The zero-order chi connectivity index (χ0) is 39.9. The van der Waals surface area contributed by atoms with Crippen LogP contribution in [-0.2, 0) is 38.0 Å². The Kier molecular flexibility index (Phi) is 14.6. The van der Waals surface area contributed by atoms with Crippen molar-refractivity contribution >= 4 is 11.8 Å². The zero-order valence-electron chi connectivity index (χ0n) is 33.4. The maximum Gasteiger partial charge on any atom is 0.311 e. The first-order valence-electron chi connectivity index (χ1n) is 18.6. The molecule has 0 aromatic rings. The molecule has 0 amide bonds. The highest BCUT2D eigenvalue weighted by molar-refractivity contribution is 5.83. The average Bonchev–Trinajstić information content (AvgIpc) is 3.05. The number of hydrogen-bond acceptors (Lipinski definition) is 15. The molecule has 18 atom stereocenters. The molecule has 3 aliphatic heterocycles. The fourth-order valence-corrected chi connectivity index (χ4v) is 8.58. The molecule has 3 aliphatic rings. The SMILES string of the molecule is CC[C@H]1OC(=O)[C@H](C)[C@@H](OC2C[C@@](C)(OC)[C@@H](O)[C@H](C)O2)[C@](C)(N)[C@@H](OC2O[C@@H](C)C[C@@H](N(C)C)[C@@H]2O)[C@](C)(O)C[C@@H](C)C(=O)[C@H](C)[C@@H](O)[C@]1(C)O. The van der Waals surface area contributed by atoms with E-state index in [1.165, 1.54) is 41.7 Å². The Hall–Kier alpha value is -1.34. The Bertz CT molecular complexity index is 1220. The topological polar surface area (TPSA) is 220 Å². The number of aliphatic hydroxyl groups excluding tert-OH is 3. The molecule has 3 fully saturated rings. The van der Waals surface area contributed by atoms with E-state index in [0.717, 1.165) is 0 Å². The lowest BCUT2D eigenvalue weighted by molar-refractivity contribution is -0.320. The van der Waals surface area contributed by atoms with E-state index in [-0.39, 0.29) is 31.4 Å². The Balaban J connectivity index is 2.24. The average molecular weight is 749 g/mol. The Morgan fingerprint density at radius 1 is 0.904 bits per heavy atom. The third-order valence-corrected chi connectivity index (χ3v) is 11.9. The van der Waals surface area contributed by atoms with Gasteiger partial charge in [0.15, 0.2) is 12.6 Å². The van der Waals surface area contributed by atoms with Crippen molar-refractivity contribution in [3.05, 3.63) is 0 Å². The molecule has 0 radical (unpaired) electrons. The molecule has 3 rings (SSSR count). The van der Waals surface area contributed by atoms with Gasteiger partial charge in [-0.1, -0.05) is 20.8 Å². The van der Waals surface area contributed by atoms with Crippen LogP contribution in [0.4, 0.5) is 0 Å². The van der Waals surface area contributed by atoms with Gasteiger partial charge < -0.3 is 64.6 Å². The summed E-state index contributed by atoms with van der Waals surface area (Å²) in [6.45, 7) is 15.8. The number of Topliss-reactive ketones (excluding diaryl/α,β-unsaturated/α-hetero) is 1. The van der Waals surface area contributed by atoms with E-state index in [2.05, 4.69) is 0 Å². The van der Waals surface area contributed by atoms with Gasteiger partial charge in [0.2, 0.25) is 0 Å². The van der Waals surface area contributed by atoms with E-state index in [0.29, 0.717) is 6.42 Å². The molecule has 304 valence electrons. The zero-order valence-corrected chi connectivity index (χ0v) is 33.4. The van der Waals surface area contributed by atoms with Crippen molar-refractivity contribution in [1.29, 1.82) is 0 Å². The van der Waals surface area contributed by atoms with Gasteiger partial charge in [0.25, 0.3) is 0 Å². The van der Waals surface area contributed by atoms with Crippen molar-refractivity contribution in [3.63, 3.8) is 0 Å². The summed E-state index contributed by atoms with van der Waals surface area (Å²) >= 11 is 0. The molecule has 52 heavy (non-hydrogen) atoms. The van der Waals surface area contributed by atoms with E-state index >= 15 is 0 Å². The number of esters is 1. The van der Waals surface area contributed by atoms with Crippen LogP contribution in [0.5, 0.6) is 0 Å². The normalized spacial score (nSPS) is 50.5. The monoisotopic (exact) mass is 748 g/mol. The molecular formula is C37H68N2O13. The van der Waals surface area contributed by atoms with Crippen molar-refractivity contribution in [2.45, 2.75) is 185 Å². The lowest BCUT2D eigenvalue weighted by Crippen LogP contribution is -2.71. The number of carbonyl (C=O) groups is 2. The molecule has 0 spiro atoms. The highest BCUT2D eigenvalue weighted by Crippen LogP contribution is 2.41. The van der Waals surface area contributed by atoms with Crippen molar-refractivity contribution in [2.75, 3.05) is 21.2 Å². The van der Waals surface area contributed by atoms with Crippen LogP contribution in [0.2, 0.25) is 0 Å². The number of likely N-dealkylation sites (N-methyl/N-ethyl adjacent to an activating group) is 1. The predicted molar refractivity (Wildman–Crippen MR) is 190 cm³/mol. The van der Waals surface area contributed by atoms with E-state index in [1.54, 1.807) is 27.7 Å². The number of ether oxygens (including phenoxy) is 6. The van der Waals surface area contributed by atoms with Gasteiger partial charge in [-0.3, -0.25) is 9.59 Å². The van der Waals surface area contributed by atoms with E-state index in [9.17, 15) is 35.1 Å².